The Bertz CT molecular complexity index is 1210. The average Bonchev–Trinajstić information content (AvgIpc) is 3.37. The van der Waals surface area contributed by atoms with Gasteiger partial charge in [-0.25, -0.2) is 4.39 Å². The first-order chi connectivity index (χ1) is 17.8. The van der Waals surface area contributed by atoms with Gasteiger partial charge < -0.3 is 19.9 Å². The van der Waals surface area contributed by atoms with Gasteiger partial charge in [0, 0.05) is 56.1 Å². The van der Waals surface area contributed by atoms with Gasteiger partial charge in [0.05, 0.1) is 25.4 Å². The Kier molecular flexibility index (Phi) is 7.44. The number of hydrogen-bond donors (Lipinski definition) is 2. The Hall–Kier alpha value is -3.04. The van der Waals surface area contributed by atoms with Crippen molar-refractivity contribution in [1.82, 2.24) is 9.80 Å². The van der Waals surface area contributed by atoms with Crippen LogP contribution in [0.2, 0.25) is 0 Å². The predicted molar refractivity (Wildman–Crippen MR) is 141 cm³/mol. The van der Waals surface area contributed by atoms with Gasteiger partial charge in [0.15, 0.2) is 0 Å². The van der Waals surface area contributed by atoms with Crippen molar-refractivity contribution in [3.63, 3.8) is 0 Å². The lowest BCUT2D eigenvalue weighted by atomic mass is 9.91. The van der Waals surface area contributed by atoms with Crippen LogP contribution in [0.15, 0.2) is 54.3 Å². The molecular weight excluding hydrogens is 473 g/mol. The molecule has 2 N–H and O–H groups in total. The van der Waals surface area contributed by atoms with E-state index in [9.17, 15) is 9.18 Å². The van der Waals surface area contributed by atoms with Crippen LogP contribution >= 0.6 is 0 Å². The Morgan fingerprint density at radius 2 is 1.78 bits per heavy atom. The minimum absolute atomic E-state index is 0.0696. The first kappa shape index (κ1) is 25.6. The van der Waals surface area contributed by atoms with Gasteiger partial charge in [-0.3, -0.25) is 14.6 Å². The number of amides is 1. The van der Waals surface area contributed by atoms with Gasteiger partial charge in [0.2, 0.25) is 0 Å². The average molecular weight is 508 g/mol. The molecule has 1 saturated heterocycles. The molecule has 3 aliphatic heterocycles. The van der Waals surface area contributed by atoms with E-state index in [2.05, 4.69) is 39.4 Å². The molecule has 2 aromatic carbocycles. The van der Waals surface area contributed by atoms with Crippen LogP contribution in [0.4, 0.5) is 10.1 Å². The quantitative estimate of drug-likeness (QED) is 0.421. The number of fused-ring (bicyclic) bond motifs is 1. The Morgan fingerprint density at radius 3 is 2.51 bits per heavy atom. The van der Waals surface area contributed by atoms with Gasteiger partial charge in [-0.1, -0.05) is 24.3 Å². The number of aliphatic hydroxyl groups excluding tert-OH is 1. The lowest BCUT2D eigenvalue weighted by Crippen LogP contribution is -2.46. The lowest BCUT2D eigenvalue weighted by Gasteiger charge is -2.34. The highest BCUT2D eigenvalue weighted by Gasteiger charge is 2.38. The minimum Gasteiger partial charge on any atom is -0.482 e. The SMILES string of the molecule is CC1(C)OC(=C2C(=O)Nc3ccc(F)cc32)C=C1c1ccc(CN2CCN(CCOCCO)CC2)cc1. The van der Waals surface area contributed by atoms with E-state index >= 15 is 0 Å². The van der Waals surface area contributed by atoms with Gasteiger partial charge in [0.1, 0.15) is 17.2 Å². The van der Waals surface area contributed by atoms with Crippen molar-refractivity contribution < 1.29 is 23.8 Å². The van der Waals surface area contributed by atoms with E-state index in [1.165, 1.54) is 17.7 Å². The maximum Gasteiger partial charge on any atom is 0.260 e. The number of nitrogens with one attached hydrogen (secondary N) is 1. The Labute approximate surface area is 217 Å². The zero-order chi connectivity index (χ0) is 26.0. The molecule has 1 amide bonds. The summed E-state index contributed by atoms with van der Waals surface area (Å²) in [4.78, 5) is 17.5. The third kappa shape index (κ3) is 5.62. The smallest absolute Gasteiger partial charge is 0.260 e. The normalized spacial score (nSPS) is 21.5. The number of ether oxygens (including phenoxy) is 2. The number of anilines is 1. The number of halogens is 1. The number of aliphatic hydroxyl groups is 1. The van der Waals surface area contributed by atoms with E-state index in [0.717, 1.165) is 50.4 Å². The molecule has 0 unspecified atom stereocenters. The van der Waals surface area contributed by atoms with Crippen molar-refractivity contribution in [2.45, 2.75) is 26.0 Å². The van der Waals surface area contributed by atoms with Gasteiger partial charge in [-0.2, -0.15) is 0 Å². The second-order valence-electron chi connectivity index (χ2n) is 10.2. The van der Waals surface area contributed by atoms with Crippen LogP contribution in [0, 0.1) is 5.82 Å². The highest BCUT2D eigenvalue weighted by Crippen LogP contribution is 2.44. The largest absolute Gasteiger partial charge is 0.482 e. The number of allylic oxidation sites excluding steroid dienone is 1. The number of rotatable bonds is 8. The third-order valence-corrected chi connectivity index (χ3v) is 7.19. The number of nitrogens with zero attached hydrogens (tertiary/aromatic N) is 2. The summed E-state index contributed by atoms with van der Waals surface area (Å²) in [5, 5.41) is 11.6. The predicted octanol–water partition coefficient (Wildman–Crippen LogP) is 3.51. The molecule has 0 atom stereocenters. The third-order valence-electron chi connectivity index (χ3n) is 7.19. The van der Waals surface area contributed by atoms with E-state index < -0.39 is 5.60 Å². The highest BCUT2D eigenvalue weighted by molar-refractivity contribution is 6.32. The first-order valence-electron chi connectivity index (χ1n) is 12.8. The fourth-order valence-corrected chi connectivity index (χ4v) is 5.18. The van der Waals surface area contributed by atoms with E-state index in [-0.39, 0.29) is 18.3 Å². The molecular formula is C29H34FN3O4. The van der Waals surface area contributed by atoms with Crippen LogP contribution < -0.4 is 5.32 Å². The molecule has 5 rings (SSSR count). The molecule has 3 heterocycles. The van der Waals surface area contributed by atoms with E-state index in [1.54, 1.807) is 6.07 Å². The first-order valence-corrected chi connectivity index (χ1v) is 12.8. The molecule has 0 aromatic heterocycles. The lowest BCUT2D eigenvalue weighted by molar-refractivity contribution is -0.111. The number of piperazine rings is 1. The van der Waals surface area contributed by atoms with Crippen molar-refractivity contribution >= 4 is 22.7 Å². The summed E-state index contributed by atoms with van der Waals surface area (Å²) in [5.74, 6) is -0.207. The molecule has 0 spiro atoms. The molecule has 196 valence electrons. The zero-order valence-corrected chi connectivity index (χ0v) is 21.4. The fraction of sp³-hybridized carbons (Fsp3) is 0.414. The number of carbonyl (C=O) groups excluding carboxylic acids is 1. The summed E-state index contributed by atoms with van der Waals surface area (Å²) in [7, 11) is 0. The molecule has 0 bridgehead atoms. The Morgan fingerprint density at radius 1 is 1.05 bits per heavy atom. The molecule has 1 fully saturated rings. The number of hydrogen-bond acceptors (Lipinski definition) is 6. The van der Waals surface area contributed by atoms with Crippen molar-refractivity contribution in [1.29, 1.82) is 0 Å². The molecule has 0 saturated carbocycles. The molecule has 37 heavy (non-hydrogen) atoms. The van der Waals surface area contributed by atoms with Crippen LogP contribution in [0.1, 0.15) is 30.5 Å². The summed E-state index contributed by atoms with van der Waals surface area (Å²) in [6.07, 6.45) is 1.91. The molecule has 0 aliphatic carbocycles. The monoisotopic (exact) mass is 507 g/mol. The van der Waals surface area contributed by atoms with E-state index in [0.29, 0.717) is 35.8 Å². The van der Waals surface area contributed by atoms with Crippen LogP contribution in [-0.2, 0) is 20.8 Å². The highest BCUT2D eigenvalue weighted by atomic mass is 19.1. The maximum absolute atomic E-state index is 13.9. The van der Waals surface area contributed by atoms with E-state index in [4.69, 9.17) is 14.6 Å². The van der Waals surface area contributed by atoms with Crippen molar-refractivity contribution in [3.8, 4) is 0 Å². The van der Waals surface area contributed by atoms with Crippen molar-refractivity contribution in [3.05, 3.63) is 76.8 Å². The molecule has 3 aliphatic rings. The summed E-state index contributed by atoms with van der Waals surface area (Å²) in [6, 6.07) is 12.8. The van der Waals surface area contributed by atoms with Crippen molar-refractivity contribution in [2.24, 2.45) is 0 Å². The fourth-order valence-electron chi connectivity index (χ4n) is 5.18. The second-order valence-corrected chi connectivity index (χ2v) is 10.2. The summed E-state index contributed by atoms with van der Waals surface area (Å²) in [6.45, 7) is 10.9. The van der Waals surface area contributed by atoms with Crippen LogP contribution in [0.3, 0.4) is 0 Å². The molecule has 7 nitrogen and oxygen atoms in total. The Balaban J connectivity index is 1.26. The maximum atomic E-state index is 13.9. The van der Waals surface area contributed by atoms with Crippen LogP contribution in [0.25, 0.3) is 11.1 Å². The van der Waals surface area contributed by atoms with Gasteiger partial charge in [0.25, 0.3) is 5.91 Å². The standard InChI is InChI=1S/C29H34FN3O4/c1-29(2)24(18-26(37-29)27-23-17-22(30)7-8-25(23)31-28(27)35)21-5-3-20(4-6-21)19-33-11-9-32(10-12-33)13-15-36-16-14-34/h3-8,17-18,34H,9-16,19H2,1-2H3,(H,31,35). The van der Waals surface area contributed by atoms with Gasteiger partial charge >= 0.3 is 0 Å². The number of benzene rings is 2. The molecule has 2 aromatic rings. The zero-order valence-electron chi connectivity index (χ0n) is 21.4. The number of carbonyl (C=O) groups is 1. The topological polar surface area (TPSA) is 74.3 Å². The molecule has 0 radical (unpaired) electrons. The van der Waals surface area contributed by atoms with Crippen molar-refractivity contribution in [2.75, 3.05) is 57.9 Å². The summed E-state index contributed by atoms with van der Waals surface area (Å²) in [5.41, 5.74) is 4.13. The molecule has 8 heteroatoms. The van der Waals surface area contributed by atoms with Gasteiger partial charge in [-0.15, -0.1) is 0 Å². The summed E-state index contributed by atoms with van der Waals surface area (Å²) < 4.78 is 25.5. The van der Waals surface area contributed by atoms with E-state index in [1.807, 2.05) is 19.9 Å². The second kappa shape index (κ2) is 10.8. The van der Waals surface area contributed by atoms with Crippen LogP contribution in [0.5, 0.6) is 0 Å². The van der Waals surface area contributed by atoms with Crippen LogP contribution in [-0.4, -0.2) is 79.0 Å². The summed E-state index contributed by atoms with van der Waals surface area (Å²) >= 11 is 0. The minimum atomic E-state index is -0.628. The van der Waals surface area contributed by atoms with Gasteiger partial charge in [-0.05, 0) is 49.2 Å².